The van der Waals surface area contributed by atoms with Crippen molar-refractivity contribution in [1.82, 2.24) is 9.99 Å². The predicted molar refractivity (Wildman–Crippen MR) is 144 cm³/mol. The third-order valence-corrected chi connectivity index (χ3v) is 6.85. The van der Waals surface area contributed by atoms with Gasteiger partial charge in [0.15, 0.2) is 0 Å². The molecule has 1 aromatic heterocycles. The molecular weight excluding hydrogens is 522 g/mol. The normalized spacial score (nSPS) is 15.2. The fourth-order valence-electron chi connectivity index (χ4n) is 4.74. The lowest BCUT2D eigenvalue weighted by atomic mass is 9.91. The van der Waals surface area contributed by atoms with Crippen LogP contribution in [-0.2, 0) is 4.79 Å². The Hall–Kier alpha value is -3.91. The molecule has 7 nitrogen and oxygen atoms in total. The van der Waals surface area contributed by atoms with Gasteiger partial charge in [-0.2, -0.15) is 5.10 Å². The van der Waals surface area contributed by atoms with Crippen LogP contribution in [0, 0.1) is 0 Å². The van der Waals surface area contributed by atoms with Crippen LogP contribution in [0.4, 0.5) is 0 Å². The van der Waals surface area contributed by atoms with E-state index in [1.807, 2.05) is 54.6 Å². The molecule has 1 N–H and O–H groups in total. The fraction of sp³-hybridized carbons (Fsp3) is 0.179. The molecule has 0 radical (unpaired) electrons. The van der Waals surface area contributed by atoms with Gasteiger partial charge in [-0.25, -0.2) is 5.01 Å². The van der Waals surface area contributed by atoms with Gasteiger partial charge in [0.25, 0.3) is 5.56 Å². The third-order valence-electron chi connectivity index (χ3n) is 6.36. The van der Waals surface area contributed by atoms with E-state index in [0.717, 1.165) is 32.1 Å². The van der Waals surface area contributed by atoms with Crippen molar-refractivity contribution in [1.29, 1.82) is 0 Å². The average molecular weight is 546 g/mol. The highest BCUT2D eigenvalue weighted by atomic mass is 79.9. The molecule has 1 amide bonds. The first-order valence-electron chi connectivity index (χ1n) is 11.4. The van der Waals surface area contributed by atoms with Gasteiger partial charge in [0.05, 0.1) is 31.5 Å². The average Bonchev–Trinajstić information content (AvgIpc) is 3.33. The van der Waals surface area contributed by atoms with Crippen LogP contribution < -0.4 is 15.0 Å². The number of amides is 1. The van der Waals surface area contributed by atoms with Crippen LogP contribution in [0.1, 0.15) is 30.5 Å². The summed E-state index contributed by atoms with van der Waals surface area (Å²) in [6, 6.07) is 20.5. The van der Waals surface area contributed by atoms with Crippen molar-refractivity contribution >= 4 is 38.5 Å². The minimum Gasteiger partial charge on any atom is -0.497 e. The van der Waals surface area contributed by atoms with E-state index in [0.29, 0.717) is 29.2 Å². The number of H-pyrrole nitrogens is 1. The number of ether oxygens (including phenoxy) is 2. The van der Waals surface area contributed by atoms with Gasteiger partial charge in [-0.15, -0.1) is 0 Å². The zero-order valence-electron chi connectivity index (χ0n) is 20.0. The second-order valence-electron chi connectivity index (χ2n) is 8.50. The summed E-state index contributed by atoms with van der Waals surface area (Å²) in [7, 11) is 3.17. The summed E-state index contributed by atoms with van der Waals surface area (Å²) in [5, 5.41) is 7.00. The zero-order chi connectivity index (χ0) is 25.4. The van der Waals surface area contributed by atoms with Crippen LogP contribution >= 0.6 is 15.9 Å². The molecule has 1 aliphatic rings. The SMILES string of the molecule is COc1ccc(OC)c([C@H]2CC(c3c(-c4ccccc4)c4cc(Br)ccc4[nH]c3=O)=NN2C(C)=O)c1. The fourth-order valence-corrected chi connectivity index (χ4v) is 5.10. The minimum atomic E-state index is -0.455. The van der Waals surface area contributed by atoms with Crippen molar-refractivity contribution in [3.05, 3.63) is 92.7 Å². The number of nitrogens with one attached hydrogen (secondary N) is 1. The summed E-state index contributed by atoms with van der Waals surface area (Å²) >= 11 is 3.56. The van der Waals surface area contributed by atoms with Crippen LogP contribution in [0.2, 0.25) is 0 Å². The number of aromatic amines is 1. The number of fused-ring (bicyclic) bond motifs is 1. The maximum absolute atomic E-state index is 13.5. The van der Waals surface area contributed by atoms with E-state index in [2.05, 4.69) is 20.9 Å². The lowest BCUT2D eigenvalue weighted by Crippen LogP contribution is -2.24. The van der Waals surface area contributed by atoms with Gasteiger partial charge in [-0.05, 0) is 42.0 Å². The van der Waals surface area contributed by atoms with E-state index in [1.54, 1.807) is 26.4 Å². The van der Waals surface area contributed by atoms with Gasteiger partial charge in [-0.1, -0.05) is 46.3 Å². The standard InChI is InChI=1S/C28H24BrN3O4/c1-16(33)32-24(21-14-19(35-2)10-12-25(21)36-3)15-23(31-32)27-26(17-7-5-4-6-8-17)20-13-18(29)9-11-22(20)30-28(27)34/h4-14,24H,15H2,1-3H3,(H,30,34)/t24-/m1/s1. The zero-order valence-corrected chi connectivity index (χ0v) is 21.6. The molecule has 8 heteroatoms. The van der Waals surface area contributed by atoms with E-state index in [-0.39, 0.29) is 11.5 Å². The lowest BCUT2D eigenvalue weighted by molar-refractivity contribution is -0.130. The molecule has 0 saturated heterocycles. The highest BCUT2D eigenvalue weighted by molar-refractivity contribution is 9.10. The number of halogens is 1. The molecule has 36 heavy (non-hydrogen) atoms. The number of hydrazone groups is 1. The number of aromatic nitrogens is 1. The number of carbonyl (C=O) groups is 1. The van der Waals surface area contributed by atoms with Gasteiger partial charge in [0, 0.05) is 39.8 Å². The first-order valence-corrected chi connectivity index (χ1v) is 12.2. The quantitative estimate of drug-likeness (QED) is 0.350. The molecule has 5 rings (SSSR count). The topological polar surface area (TPSA) is 84.0 Å². The highest BCUT2D eigenvalue weighted by Crippen LogP contribution is 2.41. The van der Waals surface area contributed by atoms with Gasteiger partial charge in [0.2, 0.25) is 5.91 Å². The first-order chi connectivity index (χ1) is 17.4. The molecule has 182 valence electrons. The van der Waals surface area contributed by atoms with E-state index >= 15 is 0 Å². The molecule has 1 aliphatic heterocycles. The Morgan fingerprint density at radius 3 is 2.50 bits per heavy atom. The number of rotatable bonds is 5. The van der Waals surface area contributed by atoms with E-state index in [9.17, 15) is 9.59 Å². The Kier molecular flexibility index (Phi) is 6.36. The van der Waals surface area contributed by atoms with Crippen molar-refractivity contribution in [3.8, 4) is 22.6 Å². The third kappa shape index (κ3) is 4.18. The van der Waals surface area contributed by atoms with E-state index in [1.165, 1.54) is 11.9 Å². The number of pyridine rings is 1. The molecule has 1 atom stereocenters. The number of carbonyl (C=O) groups excluding carboxylic acids is 1. The maximum atomic E-state index is 13.5. The number of methoxy groups -OCH3 is 2. The van der Waals surface area contributed by atoms with Crippen LogP contribution in [-0.4, -0.2) is 35.8 Å². The molecule has 0 bridgehead atoms. The molecule has 0 unspecified atom stereocenters. The number of benzene rings is 3. The summed E-state index contributed by atoms with van der Waals surface area (Å²) in [4.78, 5) is 29.3. The number of hydrogen-bond acceptors (Lipinski definition) is 5. The molecule has 0 spiro atoms. The molecule has 4 aromatic rings. The Balaban J connectivity index is 1.74. The van der Waals surface area contributed by atoms with E-state index < -0.39 is 6.04 Å². The molecular formula is C28H24BrN3O4. The summed E-state index contributed by atoms with van der Waals surface area (Å²) in [6.45, 7) is 1.46. The Bertz CT molecular complexity index is 1560. The number of hydrogen-bond donors (Lipinski definition) is 1. The minimum absolute atomic E-state index is 0.235. The predicted octanol–water partition coefficient (Wildman–Crippen LogP) is 5.67. The van der Waals surface area contributed by atoms with Gasteiger partial charge in [0.1, 0.15) is 11.5 Å². The van der Waals surface area contributed by atoms with Crippen molar-refractivity contribution in [2.24, 2.45) is 5.10 Å². The molecule has 2 heterocycles. The Morgan fingerprint density at radius 1 is 1.03 bits per heavy atom. The van der Waals surface area contributed by atoms with Crippen molar-refractivity contribution < 1.29 is 14.3 Å². The molecule has 0 fully saturated rings. The first kappa shape index (κ1) is 23.8. The van der Waals surface area contributed by atoms with Crippen LogP contribution in [0.15, 0.2) is 81.1 Å². The van der Waals surface area contributed by atoms with Gasteiger partial charge in [-0.3, -0.25) is 9.59 Å². The Labute approximate surface area is 216 Å². The van der Waals surface area contributed by atoms with Gasteiger partial charge >= 0.3 is 0 Å². The second kappa shape index (κ2) is 9.62. The van der Waals surface area contributed by atoms with Crippen molar-refractivity contribution in [2.75, 3.05) is 14.2 Å². The molecule has 0 saturated carbocycles. The monoisotopic (exact) mass is 545 g/mol. The maximum Gasteiger partial charge on any atom is 0.258 e. The summed E-state index contributed by atoms with van der Waals surface area (Å²) < 4.78 is 11.9. The summed E-state index contributed by atoms with van der Waals surface area (Å²) in [5.74, 6) is 1.02. The van der Waals surface area contributed by atoms with Crippen LogP contribution in [0.5, 0.6) is 11.5 Å². The Morgan fingerprint density at radius 2 is 1.81 bits per heavy atom. The second-order valence-corrected chi connectivity index (χ2v) is 9.41. The molecule has 0 aliphatic carbocycles. The van der Waals surface area contributed by atoms with E-state index in [4.69, 9.17) is 14.6 Å². The largest absolute Gasteiger partial charge is 0.497 e. The molecule has 3 aromatic carbocycles. The van der Waals surface area contributed by atoms with Crippen molar-refractivity contribution in [2.45, 2.75) is 19.4 Å². The number of nitrogens with zero attached hydrogens (tertiary/aromatic N) is 2. The van der Waals surface area contributed by atoms with Crippen molar-refractivity contribution in [3.63, 3.8) is 0 Å². The van der Waals surface area contributed by atoms with Gasteiger partial charge < -0.3 is 14.5 Å². The highest BCUT2D eigenvalue weighted by Gasteiger charge is 2.36. The lowest BCUT2D eigenvalue weighted by Gasteiger charge is -2.23. The summed E-state index contributed by atoms with van der Waals surface area (Å²) in [6.07, 6.45) is 0.339. The summed E-state index contributed by atoms with van der Waals surface area (Å²) in [5.41, 5.74) is 3.86. The van der Waals surface area contributed by atoms with Crippen LogP contribution in [0.3, 0.4) is 0 Å². The smallest absolute Gasteiger partial charge is 0.258 e. The van der Waals surface area contributed by atoms with Crippen LogP contribution in [0.25, 0.3) is 22.0 Å².